The summed E-state index contributed by atoms with van der Waals surface area (Å²) in [5.74, 6) is -0.213. The Morgan fingerprint density at radius 2 is 2.17 bits per heavy atom. The molecule has 90 valence electrons. The minimum Gasteiger partial charge on any atom is -0.284 e. The largest absolute Gasteiger partial charge is 0.284 e. The van der Waals surface area contributed by atoms with E-state index in [-0.39, 0.29) is 15.9 Å². The topological polar surface area (TPSA) is 63.6 Å². The van der Waals surface area contributed by atoms with Gasteiger partial charge in [-0.15, -0.1) is 0 Å². The predicted octanol–water partition coefficient (Wildman–Crippen LogP) is 1.90. The molecule has 0 radical (unpaired) electrons. The lowest BCUT2D eigenvalue weighted by Crippen LogP contribution is -2.19. The maximum absolute atomic E-state index is 13.5. The summed E-state index contributed by atoms with van der Waals surface area (Å²) in [5.41, 5.74) is -0.504. The lowest BCUT2D eigenvalue weighted by Gasteiger charge is -2.04. The van der Waals surface area contributed by atoms with Crippen molar-refractivity contribution in [1.82, 2.24) is 19.7 Å². The van der Waals surface area contributed by atoms with Crippen molar-refractivity contribution in [3.63, 3.8) is 0 Å². The van der Waals surface area contributed by atoms with Crippen molar-refractivity contribution in [3.05, 3.63) is 51.9 Å². The van der Waals surface area contributed by atoms with E-state index in [1.54, 1.807) is 12.3 Å². The molecule has 0 atom stereocenters. The Hall–Kier alpha value is -2.21. The fourth-order valence-electron chi connectivity index (χ4n) is 1.71. The van der Waals surface area contributed by atoms with Gasteiger partial charge in [0, 0.05) is 12.3 Å². The molecule has 18 heavy (non-hydrogen) atoms. The van der Waals surface area contributed by atoms with Gasteiger partial charge in [0.2, 0.25) is 0 Å². The summed E-state index contributed by atoms with van der Waals surface area (Å²) in [6.07, 6.45) is 2.79. The van der Waals surface area contributed by atoms with Crippen LogP contribution < -0.4 is 5.56 Å². The van der Waals surface area contributed by atoms with Gasteiger partial charge < -0.3 is 0 Å². The summed E-state index contributed by atoms with van der Waals surface area (Å²) in [6, 6.07) is 4.11. The number of nitrogens with zero attached hydrogens (tertiary/aromatic N) is 3. The van der Waals surface area contributed by atoms with E-state index in [2.05, 4.69) is 15.2 Å². The van der Waals surface area contributed by atoms with Crippen molar-refractivity contribution in [1.29, 1.82) is 0 Å². The van der Waals surface area contributed by atoms with E-state index < -0.39 is 11.4 Å². The van der Waals surface area contributed by atoms with Crippen molar-refractivity contribution < 1.29 is 4.39 Å². The molecule has 0 aliphatic heterocycles. The highest BCUT2D eigenvalue weighted by atomic mass is 35.5. The fraction of sp³-hybridized carbons (Fsp3) is 0. The van der Waals surface area contributed by atoms with E-state index in [1.165, 1.54) is 23.0 Å². The first-order valence-corrected chi connectivity index (χ1v) is 5.42. The zero-order valence-corrected chi connectivity index (χ0v) is 9.65. The minimum absolute atomic E-state index is 0.0423. The van der Waals surface area contributed by atoms with Gasteiger partial charge in [-0.2, -0.15) is 5.10 Å². The van der Waals surface area contributed by atoms with Crippen molar-refractivity contribution in [2.24, 2.45) is 0 Å². The van der Waals surface area contributed by atoms with Crippen molar-refractivity contribution >= 4 is 22.5 Å². The van der Waals surface area contributed by atoms with Crippen molar-refractivity contribution in [2.45, 2.75) is 0 Å². The van der Waals surface area contributed by atoms with Gasteiger partial charge in [-0.05, 0) is 12.1 Å². The van der Waals surface area contributed by atoms with Crippen LogP contribution in [0.5, 0.6) is 0 Å². The summed E-state index contributed by atoms with van der Waals surface area (Å²) in [4.78, 5) is 16.1. The van der Waals surface area contributed by atoms with E-state index in [0.717, 1.165) is 0 Å². The SMILES string of the molecule is O=c1c2c(Cl)ccc(F)c2ncn1-c1cc[nH]n1. The number of nitrogens with one attached hydrogen (secondary N) is 1. The van der Waals surface area contributed by atoms with Crippen LogP contribution in [0, 0.1) is 5.82 Å². The molecule has 0 saturated carbocycles. The Bertz CT molecular complexity index is 782. The molecule has 3 aromatic rings. The molecule has 0 aliphatic carbocycles. The molecule has 2 heterocycles. The third-order valence-corrected chi connectivity index (χ3v) is 2.86. The Morgan fingerprint density at radius 3 is 2.89 bits per heavy atom. The molecular weight excluding hydrogens is 259 g/mol. The number of rotatable bonds is 1. The number of fused-ring (bicyclic) bond motifs is 1. The number of hydrogen-bond donors (Lipinski definition) is 1. The number of halogens is 2. The second-order valence-electron chi connectivity index (χ2n) is 3.60. The van der Waals surface area contributed by atoms with E-state index in [0.29, 0.717) is 5.82 Å². The lowest BCUT2D eigenvalue weighted by atomic mass is 10.2. The summed E-state index contributed by atoms with van der Waals surface area (Å²) in [6.45, 7) is 0. The quantitative estimate of drug-likeness (QED) is 0.730. The van der Waals surface area contributed by atoms with E-state index >= 15 is 0 Å². The number of H-pyrrole nitrogens is 1. The van der Waals surface area contributed by atoms with Crippen LogP contribution in [0.15, 0.2) is 35.5 Å². The van der Waals surface area contributed by atoms with Crippen LogP contribution in [0.3, 0.4) is 0 Å². The molecular formula is C11H6ClFN4O. The molecule has 2 aromatic heterocycles. The van der Waals surface area contributed by atoms with Gasteiger partial charge in [0.25, 0.3) is 5.56 Å². The monoisotopic (exact) mass is 264 g/mol. The second kappa shape index (κ2) is 3.92. The molecule has 0 fully saturated rings. The maximum atomic E-state index is 13.5. The van der Waals surface area contributed by atoms with E-state index in [1.807, 2.05) is 0 Å². The molecule has 5 nitrogen and oxygen atoms in total. The molecule has 1 N–H and O–H groups in total. The number of hydrogen-bond acceptors (Lipinski definition) is 3. The van der Waals surface area contributed by atoms with Crippen LogP contribution in [0.4, 0.5) is 4.39 Å². The van der Waals surface area contributed by atoms with Gasteiger partial charge in [-0.1, -0.05) is 11.6 Å². The number of benzene rings is 1. The van der Waals surface area contributed by atoms with Crippen LogP contribution in [-0.4, -0.2) is 19.7 Å². The molecule has 0 saturated heterocycles. The highest BCUT2D eigenvalue weighted by Gasteiger charge is 2.13. The number of aromatic nitrogens is 4. The zero-order chi connectivity index (χ0) is 12.7. The molecule has 0 bridgehead atoms. The molecule has 0 spiro atoms. The summed E-state index contributed by atoms with van der Waals surface area (Å²) < 4.78 is 14.7. The normalized spacial score (nSPS) is 11.0. The minimum atomic E-state index is -0.583. The highest BCUT2D eigenvalue weighted by molar-refractivity contribution is 6.35. The van der Waals surface area contributed by atoms with E-state index in [4.69, 9.17) is 11.6 Å². The van der Waals surface area contributed by atoms with E-state index in [9.17, 15) is 9.18 Å². The number of aromatic amines is 1. The maximum Gasteiger partial charge on any atom is 0.268 e. The lowest BCUT2D eigenvalue weighted by molar-refractivity contribution is 0.635. The van der Waals surface area contributed by atoms with Gasteiger partial charge in [-0.25, -0.2) is 13.9 Å². The molecule has 7 heteroatoms. The van der Waals surface area contributed by atoms with Crippen LogP contribution in [0.1, 0.15) is 0 Å². The Morgan fingerprint density at radius 1 is 1.33 bits per heavy atom. The third kappa shape index (κ3) is 1.50. The highest BCUT2D eigenvalue weighted by Crippen LogP contribution is 2.21. The van der Waals surface area contributed by atoms with Crippen LogP contribution in [-0.2, 0) is 0 Å². The average Bonchev–Trinajstić information content (AvgIpc) is 2.87. The standard InChI is InChI=1S/C11H6ClFN4O/c12-6-1-2-7(13)10-9(6)11(18)17(5-14-10)8-3-4-15-16-8/h1-5H,(H,15,16). The Balaban J connectivity index is 2.44. The van der Waals surface area contributed by atoms with Crippen LogP contribution >= 0.6 is 11.6 Å². The zero-order valence-electron chi connectivity index (χ0n) is 8.89. The summed E-state index contributed by atoms with van der Waals surface area (Å²) in [5, 5.41) is 6.66. The second-order valence-corrected chi connectivity index (χ2v) is 4.01. The van der Waals surface area contributed by atoms with Crippen LogP contribution in [0.2, 0.25) is 5.02 Å². The summed E-state index contributed by atoms with van der Waals surface area (Å²) >= 11 is 5.92. The smallest absolute Gasteiger partial charge is 0.268 e. The average molecular weight is 265 g/mol. The van der Waals surface area contributed by atoms with Crippen LogP contribution in [0.25, 0.3) is 16.7 Å². The molecule has 1 aromatic carbocycles. The molecule has 0 aliphatic rings. The van der Waals surface area contributed by atoms with Crippen molar-refractivity contribution in [2.75, 3.05) is 0 Å². The first-order valence-electron chi connectivity index (χ1n) is 5.04. The molecule has 3 rings (SSSR count). The van der Waals surface area contributed by atoms with Gasteiger partial charge in [0.05, 0.1) is 10.4 Å². The van der Waals surface area contributed by atoms with Gasteiger partial charge >= 0.3 is 0 Å². The predicted molar refractivity (Wildman–Crippen MR) is 64.5 cm³/mol. The molecule has 0 unspecified atom stereocenters. The Labute approximate surface area is 105 Å². The van der Waals surface area contributed by atoms with Gasteiger partial charge in [-0.3, -0.25) is 9.89 Å². The van der Waals surface area contributed by atoms with Gasteiger partial charge in [0.1, 0.15) is 17.7 Å². The van der Waals surface area contributed by atoms with Crippen molar-refractivity contribution in [3.8, 4) is 5.82 Å². The Kier molecular flexibility index (Phi) is 2.38. The van der Waals surface area contributed by atoms with Gasteiger partial charge in [0.15, 0.2) is 5.82 Å². The molecule has 0 amide bonds. The summed E-state index contributed by atoms with van der Waals surface area (Å²) in [7, 11) is 0. The first kappa shape index (κ1) is 10.9. The third-order valence-electron chi connectivity index (χ3n) is 2.55. The first-order chi connectivity index (χ1) is 8.68. The fourth-order valence-corrected chi connectivity index (χ4v) is 1.94.